The van der Waals surface area contributed by atoms with Crippen molar-refractivity contribution in [2.45, 2.75) is 39.3 Å². The van der Waals surface area contributed by atoms with Gasteiger partial charge in [0.1, 0.15) is 11.9 Å². The van der Waals surface area contributed by atoms with Gasteiger partial charge in [-0.15, -0.1) is 11.3 Å². The summed E-state index contributed by atoms with van der Waals surface area (Å²) in [5.41, 5.74) is 2.60. The summed E-state index contributed by atoms with van der Waals surface area (Å²) in [6.45, 7) is 7.47. The molecule has 21 heavy (non-hydrogen) atoms. The van der Waals surface area contributed by atoms with E-state index in [9.17, 15) is 0 Å². The first-order chi connectivity index (χ1) is 10.1. The first-order valence-electron chi connectivity index (χ1n) is 7.35. The molecular weight excluding hydrogens is 346 g/mol. The third-order valence-electron chi connectivity index (χ3n) is 3.94. The van der Waals surface area contributed by atoms with Crippen LogP contribution < -0.4 is 10.1 Å². The maximum atomic E-state index is 6.29. The lowest BCUT2D eigenvalue weighted by molar-refractivity contribution is 0.152. The van der Waals surface area contributed by atoms with E-state index < -0.39 is 0 Å². The van der Waals surface area contributed by atoms with Crippen LogP contribution in [0, 0.1) is 13.8 Å². The summed E-state index contributed by atoms with van der Waals surface area (Å²) in [6.07, 6.45) is 1.13. The molecule has 0 spiro atoms. The van der Waals surface area contributed by atoms with Gasteiger partial charge in [0.05, 0.1) is 0 Å². The summed E-state index contributed by atoms with van der Waals surface area (Å²) < 4.78 is 7.39. The molecule has 2 heterocycles. The molecule has 0 bridgehead atoms. The van der Waals surface area contributed by atoms with Crippen LogP contribution in [0.3, 0.4) is 0 Å². The second-order valence-electron chi connectivity index (χ2n) is 5.50. The van der Waals surface area contributed by atoms with Crippen LogP contribution in [-0.2, 0) is 0 Å². The predicted octanol–water partition coefficient (Wildman–Crippen LogP) is 5.30. The van der Waals surface area contributed by atoms with Crippen molar-refractivity contribution < 1.29 is 4.74 Å². The lowest BCUT2D eigenvalue weighted by Crippen LogP contribution is -2.29. The standard InChI is InChI=1S/C17H20BrNOS/c1-4-19-15-9-17(13-7-10(2)21-11(13)3)20-16-6-5-12(18)8-14(15)16/h5-8,15,17,19H,4,9H2,1-3H3. The van der Waals surface area contributed by atoms with Gasteiger partial charge in [0.2, 0.25) is 0 Å². The molecule has 1 aromatic heterocycles. The van der Waals surface area contributed by atoms with E-state index in [2.05, 4.69) is 66.3 Å². The molecule has 2 unspecified atom stereocenters. The number of nitrogens with one attached hydrogen (secondary N) is 1. The third kappa shape index (κ3) is 3.03. The van der Waals surface area contributed by atoms with E-state index in [0.29, 0.717) is 6.04 Å². The molecule has 1 aliphatic heterocycles. The van der Waals surface area contributed by atoms with Crippen LogP contribution in [0.15, 0.2) is 28.7 Å². The highest BCUT2D eigenvalue weighted by Gasteiger charge is 2.30. The molecule has 3 rings (SSSR count). The molecule has 0 radical (unpaired) electrons. The van der Waals surface area contributed by atoms with Crippen molar-refractivity contribution in [2.75, 3.05) is 6.54 Å². The van der Waals surface area contributed by atoms with Crippen molar-refractivity contribution in [1.82, 2.24) is 5.32 Å². The van der Waals surface area contributed by atoms with Crippen molar-refractivity contribution in [2.24, 2.45) is 0 Å². The molecule has 0 aliphatic carbocycles. The first-order valence-corrected chi connectivity index (χ1v) is 8.96. The minimum Gasteiger partial charge on any atom is -0.485 e. The van der Waals surface area contributed by atoms with Crippen LogP contribution in [0.1, 0.15) is 46.4 Å². The second kappa shape index (κ2) is 6.11. The van der Waals surface area contributed by atoms with Crippen molar-refractivity contribution in [3.05, 3.63) is 49.6 Å². The average molecular weight is 366 g/mol. The van der Waals surface area contributed by atoms with Crippen molar-refractivity contribution in [1.29, 1.82) is 0 Å². The predicted molar refractivity (Wildman–Crippen MR) is 92.3 cm³/mol. The number of thiophene rings is 1. The molecule has 2 nitrogen and oxygen atoms in total. The minimum atomic E-state index is 0.146. The number of fused-ring (bicyclic) bond motifs is 1. The maximum absolute atomic E-state index is 6.29. The molecule has 1 aliphatic rings. The van der Waals surface area contributed by atoms with Gasteiger partial charge in [0.15, 0.2) is 0 Å². The summed E-state index contributed by atoms with van der Waals surface area (Å²) in [6, 6.07) is 8.92. The number of ether oxygens (including phenoxy) is 1. The average Bonchev–Trinajstić information content (AvgIpc) is 2.78. The van der Waals surface area contributed by atoms with Gasteiger partial charge < -0.3 is 10.1 Å². The maximum Gasteiger partial charge on any atom is 0.127 e. The summed E-state index contributed by atoms with van der Waals surface area (Å²) in [5.74, 6) is 1.00. The van der Waals surface area contributed by atoms with Gasteiger partial charge in [0, 0.05) is 37.8 Å². The number of hydrogen-bond acceptors (Lipinski definition) is 3. The Hall–Kier alpha value is -0.840. The molecule has 4 heteroatoms. The third-order valence-corrected chi connectivity index (χ3v) is 5.42. The SMILES string of the molecule is CCNC1CC(c2cc(C)sc2C)Oc2ccc(Br)cc21. The highest BCUT2D eigenvalue weighted by atomic mass is 79.9. The molecule has 1 aromatic carbocycles. The molecule has 2 aromatic rings. The Bertz CT molecular complexity index is 652. The Labute approximate surface area is 138 Å². The normalized spacial score (nSPS) is 21.0. The fourth-order valence-electron chi connectivity index (χ4n) is 3.04. The smallest absolute Gasteiger partial charge is 0.127 e. The van der Waals surface area contributed by atoms with Crippen LogP contribution >= 0.6 is 27.3 Å². The van der Waals surface area contributed by atoms with Gasteiger partial charge >= 0.3 is 0 Å². The van der Waals surface area contributed by atoms with Crippen molar-refractivity contribution >= 4 is 27.3 Å². The molecule has 112 valence electrons. The lowest BCUT2D eigenvalue weighted by Gasteiger charge is -2.33. The van der Waals surface area contributed by atoms with Crippen LogP contribution in [-0.4, -0.2) is 6.54 Å². The summed E-state index contributed by atoms with van der Waals surface area (Å²) in [4.78, 5) is 2.72. The zero-order valence-corrected chi connectivity index (χ0v) is 15.0. The zero-order chi connectivity index (χ0) is 15.0. The van der Waals surface area contributed by atoms with Crippen molar-refractivity contribution in [3.8, 4) is 5.75 Å². The van der Waals surface area contributed by atoms with Gasteiger partial charge in [0.25, 0.3) is 0 Å². The molecule has 0 fully saturated rings. The van der Waals surface area contributed by atoms with Gasteiger partial charge in [-0.05, 0) is 44.7 Å². The number of benzene rings is 1. The fraction of sp³-hybridized carbons (Fsp3) is 0.412. The molecule has 2 atom stereocenters. The lowest BCUT2D eigenvalue weighted by atomic mass is 9.93. The van der Waals surface area contributed by atoms with Crippen LogP contribution in [0.4, 0.5) is 0 Å². The quantitative estimate of drug-likeness (QED) is 0.796. The Balaban J connectivity index is 1.97. The first kappa shape index (κ1) is 15.1. The van der Waals surface area contributed by atoms with Crippen molar-refractivity contribution in [3.63, 3.8) is 0 Å². The summed E-state index contributed by atoms with van der Waals surface area (Å²) >= 11 is 5.42. The van der Waals surface area contributed by atoms with E-state index in [1.165, 1.54) is 20.9 Å². The largest absolute Gasteiger partial charge is 0.485 e. The molecule has 0 amide bonds. The second-order valence-corrected chi connectivity index (χ2v) is 7.88. The fourth-order valence-corrected chi connectivity index (χ4v) is 4.40. The Morgan fingerprint density at radius 3 is 2.76 bits per heavy atom. The van der Waals surface area contributed by atoms with Gasteiger partial charge in [-0.1, -0.05) is 22.9 Å². The van der Waals surface area contributed by atoms with Gasteiger partial charge in [-0.25, -0.2) is 0 Å². The van der Waals surface area contributed by atoms with Crippen LogP contribution in [0.2, 0.25) is 0 Å². The molecule has 1 N–H and O–H groups in total. The molecular formula is C17H20BrNOS. The Morgan fingerprint density at radius 2 is 2.10 bits per heavy atom. The number of rotatable bonds is 3. The zero-order valence-electron chi connectivity index (χ0n) is 12.6. The topological polar surface area (TPSA) is 21.3 Å². The summed E-state index contributed by atoms with van der Waals surface area (Å²) in [5, 5.41) is 3.60. The minimum absolute atomic E-state index is 0.146. The van der Waals surface area contributed by atoms with E-state index in [1.807, 2.05) is 11.3 Å². The summed E-state index contributed by atoms with van der Waals surface area (Å²) in [7, 11) is 0. The van der Waals surface area contributed by atoms with Gasteiger partial charge in [-0.3, -0.25) is 0 Å². The number of aryl methyl sites for hydroxylation is 2. The Kier molecular flexibility index (Phi) is 4.38. The van der Waals surface area contributed by atoms with E-state index >= 15 is 0 Å². The number of hydrogen-bond donors (Lipinski definition) is 1. The molecule has 0 saturated heterocycles. The number of halogens is 1. The monoisotopic (exact) mass is 365 g/mol. The van der Waals surface area contributed by atoms with E-state index in [4.69, 9.17) is 4.74 Å². The highest BCUT2D eigenvalue weighted by molar-refractivity contribution is 9.10. The van der Waals surface area contributed by atoms with E-state index in [-0.39, 0.29) is 6.10 Å². The molecule has 0 saturated carbocycles. The van der Waals surface area contributed by atoms with Crippen LogP contribution in [0.5, 0.6) is 5.75 Å². The highest BCUT2D eigenvalue weighted by Crippen LogP contribution is 2.43. The van der Waals surface area contributed by atoms with Crippen LogP contribution in [0.25, 0.3) is 0 Å². The van der Waals surface area contributed by atoms with Gasteiger partial charge in [-0.2, -0.15) is 0 Å². The van der Waals surface area contributed by atoms with E-state index in [0.717, 1.165) is 23.2 Å². The van der Waals surface area contributed by atoms with E-state index in [1.54, 1.807) is 0 Å². The Morgan fingerprint density at radius 1 is 1.29 bits per heavy atom.